The maximum atomic E-state index is 13.0. The summed E-state index contributed by atoms with van der Waals surface area (Å²) in [6, 6.07) is 11.9. The van der Waals surface area contributed by atoms with Crippen molar-refractivity contribution in [2.24, 2.45) is 0 Å². The molecular weight excluding hydrogens is 390 g/mol. The highest BCUT2D eigenvalue weighted by atomic mass is 35.5. The van der Waals surface area contributed by atoms with Crippen molar-refractivity contribution in [2.75, 3.05) is 6.54 Å². The molecule has 2 N–H and O–H groups in total. The number of benzene rings is 2. The van der Waals surface area contributed by atoms with Crippen LogP contribution in [0, 0.1) is 13.8 Å². The Labute approximate surface area is 175 Å². The first-order valence-electron chi connectivity index (χ1n) is 9.39. The van der Waals surface area contributed by atoms with Gasteiger partial charge in [-0.2, -0.15) is 0 Å². The topological polar surface area (TPSA) is 78.5 Å². The van der Waals surface area contributed by atoms with Crippen molar-refractivity contribution in [1.82, 2.24) is 15.5 Å². The molecule has 0 bridgehead atoms. The summed E-state index contributed by atoms with van der Waals surface area (Å²) in [6.45, 7) is 7.12. The van der Waals surface area contributed by atoms with Crippen LogP contribution in [0.15, 0.2) is 42.5 Å². The maximum Gasteiger partial charge on any atom is 0.325 e. The number of nitrogens with zero attached hydrogens (tertiary/aromatic N) is 1. The highest BCUT2D eigenvalue weighted by Gasteiger charge is 2.50. The molecule has 7 heteroatoms. The first kappa shape index (κ1) is 20.9. The normalized spacial score (nSPS) is 19.8. The van der Waals surface area contributed by atoms with Crippen LogP contribution in [0.25, 0.3) is 0 Å². The second-order valence-corrected chi connectivity index (χ2v) is 7.97. The van der Waals surface area contributed by atoms with E-state index in [2.05, 4.69) is 10.6 Å². The monoisotopic (exact) mass is 413 g/mol. The number of hydrogen-bond acceptors (Lipinski definition) is 3. The minimum Gasteiger partial charge on any atom is -0.348 e. The van der Waals surface area contributed by atoms with Gasteiger partial charge in [0.25, 0.3) is 5.91 Å². The highest BCUT2D eigenvalue weighted by Crippen LogP contribution is 2.33. The minimum atomic E-state index is -1.31. The van der Waals surface area contributed by atoms with E-state index in [-0.39, 0.29) is 12.6 Å². The summed E-state index contributed by atoms with van der Waals surface area (Å²) in [5.74, 6) is -0.924. The van der Waals surface area contributed by atoms with E-state index in [9.17, 15) is 14.4 Å². The lowest BCUT2D eigenvalue weighted by Crippen LogP contribution is -2.43. The predicted octanol–water partition coefficient (Wildman–Crippen LogP) is 3.60. The van der Waals surface area contributed by atoms with E-state index in [1.165, 1.54) is 5.56 Å². The molecule has 4 amide bonds. The van der Waals surface area contributed by atoms with Gasteiger partial charge < -0.3 is 10.6 Å². The molecule has 0 radical (unpaired) electrons. The van der Waals surface area contributed by atoms with Crippen LogP contribution in [-0.2, 0) is 15.1 Å². The third-order valence-corrected chi connectivity index (χ3v) is 5.73. The number of halogens is 1. The van der Waals surface area contributed by atoms with E-state index in [0.29, 0.717) is 10.6 Å². The molecule has 1 aliphatic heterocycles. The summed E-state index contributed by atoms with van der Waals surface area (Å²) in [6.07, 6.45) is 0. The Morgan fingerprint density at radius 2 is 1.86 bits per heavy atom. The quantitative estimate of drug-likeness (QED) is 0.735. The van der Waals surface area contributed by atoms with Gasteiger partial charge in [0.2, 0.25) is 5.91 Å². The summed E-state index contributed by atoms with van der Waals surface area (Å²) >= 11 is 6.22. The lowest BCUT2D eigenvalue weighted by atomic mass is 9.92. The smallest absolute Gasteiger partial charge is 0.325 e. The number of amides is 4. The molecule has 1 saturated heterocycles. The van der Waals surface area contributed by atoms with E-state index in [1.54, 1.807) is 31.2 Å². The molecule has 0 spiro atoms. The zero-order chi connectivity index (χ0) is 21.3. The van der Waals surface area contributed by atoms with Gasteiger partial charge in [0.15, 0.2) is 0 Å². The fraction of sp³-hybridized carbons (Fsp3) is 0.318. The van der Waals surface area contributed by atoms with Crippen molar-refractivity contribution in [3.05, 3.63) is 69.7 Å². The second kappa shape index (κ2) is 7.87. The number of imide groups is 1. The van der Waals surface area contributed by atoms with Gasteiger partial charge in [0.1, 0.15) is 12.1 Å². The van der Waals surface area contributed by atoms with Crippen LogP contribution in [0.3, 0.4) is 0 Å². The van der Waals surface area contributed by atoms with Crippen LogP contribution in [0.4, 0.5) is 4.79 Å². The van der Waals surface area contributed by atoms with Gasteiger partial charge in [-0.05, 0) is 50.5 Å². The number of urea groups is 1. The third kappa shape index (κ3) is 3.98. The molecule has 2 atom stereocenters. The number of nitrogens with one attached hydrogen (secondary N) is 2. The molecule has 6 nitrogen and oxygen atoms in total. The molecule has 1 aliphatic rings. The Hall–Kier alpha value is -2.86. The van der Waals surface area contributed by atoms with Crippen LogP contribution in [-0.4, -0.2) is 29.3 Å². The van der Waals surface area contributed by atoms with Gasteiger partial charge in [-0.15, -0.1) is 0 Å². The van der Waals surface area contributed by atoms with Gasteiger partial charge in [0.05, 0.1) is 6.04 Å². The van der Waals surface area contributed by atoms with E-state index in [4.69, 9.17) is 11.6 Å². The summed E-state index contributed by atoms with van der Waals surface area (Å²) < 4.78 is 0. The summed E-state index contributed by atoms with van der Waals surface area (Å²) in [7, 11) is 0. The molecule has 29 heavy (non-hydrogen) atoms. The lowest BCUT2D eigenvalue weighted by Gasteiger charge is -2.23. The van der Waals surface area contributed by atoms with Crippen molar-refractivity contribution >= 4 is 29.4 Å². The average molecular weight is 414 g/mol. The Bertz CT molecular complexity index is 991. The van der Waals surface area contributed by atoms with Crippen LogP contribution in [0.2, 0.25) is 5.02 Å². The molecule has 152 valence electrons. The van der Waals surface area contributed by atoms with Gasteiger partial charge in [-0.3, -0.25) is 14.5 Å². The lowest BCUT2D eigenvalue weighted by molar-refractivity contribution is -0.135. The SMILES string of the molecule is Cc1ccc([C@H](C)NC(=O)CN2C(=O)N[C@@](C)(c3ccccc3Cl)C2=O)cc1C. The van der Waals surface area contributed by atoms with Gasteiger partial charge in [-0.1, -0.05) is 48.0 Å². The zero-order valence-corrected chi connectivity index (χ0v) is 17.6. The average Bonchev–Trinajstić information content (AvgIpc) is 2.88. The number of carbonyl (C=O) groups excluding carboxylic acids is 3. The fourth-order valence-corrected chi connectivity index (χ4v) is 3.76. The predicted molar refractivity (Wildman–Crippen MR) is 112 cm³/mol. The van der Waals surface area contributed by atoms with Crippen molar-refractivity contribution in [3.63, 3.8) is 0 Å². The molecule has 2 aromatic carbocycles. The molecular formula is C22H24ClN3O3. The Kier molecular flexibility index (Phi) is 5.66. The molecule has 0 aliphatic carbocycles. The molecule has 2 aromatic rings. The highest BCUT2D eigenvalue weighted by molar-refractivity contribution is 6.32. The second-order valence-electron chi connectivity index (χ2n) is 7.56. The molecule has 3 rings (SSSR count). The van der Waals surface area contributed by atoms with Crippen molar-refractivity contribution in [1.29, 1.82) is 0 Å². The van der Waals surface area contributed by atoms with Crippen molar-refractivity contribution < 1.29 is 14.4 Å². The standard InChI is InChI=1S/C22H24ClN3O3/c1-13-9-10-16(11-14(13)2)15(3)24-19(27)12-26-20(28)22(4,25-21(26)29)17-7-5-6-8-18(17)23/h5-11,15H,12H2,1-4H3,(H,24,27)(H,25,29)/t15-,22-/m0/s1. The van der Waals surface area contributed by atoms with Crippen LogP contribution in [0.1, 0.15) is 42.1 Å². The zero-order valence-electron chi connectivity index (χ0n) is 16.9. The first-order chi connectivity index (χ1) is 13.6. The maximum absolute atomic E-state index is 13.0. The number of aryl methyl sites for hydroxylation is 2. The number of rotatable bonds is 5. The number of carbonyl (C=O) groups is 3. The van der Waals surface area contributed by atoms with Gasteiger partial charge in [0, 0.05) is 10.6 Å². The van der Waals surface area contributed by atoms with E-state index >= 15 is 0 Å². The third-order valence-electron chi connectivity index (χ3n) is 5.40. The van der Waals surface area contributed by atoms with Crippen LogP contribution in [0.5, 0.6) is 0 Å². The van der Waals surface area contributed by atoms with E-state index < -0.39 is 23.4 Å². The fourth-order valence-electron chi connectivity index (χ4n) is 3.44. The molecule has 1 heterocycles. The van der Waals surface area contributed by atoms with Crippen LogP contribution < -0.4 is 10.6 Å². The minimum absolute atomic E-state index is 0.252. The van der Waals surface area contributed by atoms with Gasteiger partial charge >= 0.3 is 6.03 Å². The molecule has 0 unspecified atom stereocenters. The largest absolute Gasteiger partial charge is 0.348 e. The summed E-state index contributed by atoms with van der Waals surface area (Å²) in [5, 5.41) is 5.89. The summed E-state index contributed by atoms with van der Waals surface area (Å²) in [4.78, 5) is 38.8. The molecule has 0 aromatic heterocycles. The Balaban J connectivity index is 1.72. The molecule has 0 saturated carbocycles. The van der Waals surface area contributed by atoms with Gasteiger partial charge in [-0.25, -0.2) is 4.79 Å². The first-order valence-corrected chi connectivity index (χ1v) is 9.77. The Morgan fingerprint density at radius 3 is 2.52 bits per heavy atom. The molecule has 1 fully saturated rings. The number of hydrogen-bond donors (Lipinski definition) is 2. The summed E-state index contributed by atoms with van der Waals surface area (Å²) in [5.41, 5.74) is 2.44. The van der Waals surface area contributed by atoms with Crippen molar-refractivity contribution in [3.8, 4) is 0 Å². The Morgan fingerprint density at radius 1 is 1.17 bits per heavy atom. The van der Waals surface area contributed by atoms with Crippen LogP contribution >= 0.6 is 11.6 Å². The van der Waals surface area contributed by atoms with E-state index in [0.717, 1.165) is 16.0 Å². The van der Waals surface area contributed by atoms with E-state index in [1.807, 2.05) is 39.0 Å². The van der Waals surface area contributed by atoms with Crippen molar-refractivity contribution in [2.45, 2.75) is 39.3 Å².